The summed E-state index contributed by atoms with van der Waals surface area (Å²) in [5.74, 6) is -0.829. The topological polar surface area (TPSA) is 94.8 Å². The lowest BCUT2D eigenvalue weighted by atomic mass is 9.75. The molecule has 0 aromatic carbocycles. The van der Waals surface area contributed by atoms with Crippen LogP contribution in [0.4, 0.5) is 0 Å². The average Bonchev–Trinajstić information content (AvgIpc) is 2.31. The van der Waals surface area contributed by atoms with Gasteiger partial charge in [0.25, 0.3) is 0 Å². The molecule has 1 unspecified atom stereocenters. The van der Waals surface area contributed by atoms with Gasteiger partial charge in [-0.1, -0.05) is 34.6 Å². The van der Waals surface area contributed by atoms with E-state index in [-0.39, 0.29) is 31.0 Å². The van der Waals surface area contributed by atoms with Crippen LogP contribution >= 0.6 is 0 Å². The molecule has 0 saturated heterocycles. The predicted octanol–water partition coefficient (Wildman–Crippen LogP) is 1.47. The van der Waals surface area contributed by atoms with Crippen LogP contribution in [0.5, 0.6) is 0 Å². The molecule has 5 nitrogen and oxygen atoms in total. The zero-order valence-corrected chi connectivity index (χ0v) is 14.0. The van der Waals surface area contributed by atoms with E-state index < -0.39 is 29.0 Å². The molecule has 0 heterocycles. The minimum Gasteiger partial charge on any atom is -0.390 e. The maximum atomic E-state index is 12.4. The zero-order chi connectivity index (χ0) is 17.0. The van der Waals surface area contributed by atoms with Crippen LogP contribution in [0, 0.1) is 11.3 Å². The number of rotatable bonds is 8. The number of aliphatic hydroxyl groups is 3. The van der Waals surface area contributed by atoms with Crippen LogP contribution in [0.15, 0.2) is 0 Å². The molecular weight excluding hydrogens is 272 g/mol. The Hall–Kier alpha value is -0.780. The highest BCUT2D eigenvalue weighted by Gasteiger charge is 2.43. The summed E-state index contributed by atoms with van der Waals surface area (Å²) in [7, 11) is 0. The summed E-state index contributed by atoms with van der Waals surface area (Å²) in [5, 5.41) is 30.3. The molecule has 5 heteroatoms. The first-order chi connectivity index (χ1) is 9.31. The lowest BCUT2D eigenvalue weighted by molar-refractivity contribution is -0.151. The van der Waals surface area contributed by atoms with Gasteiger partial charge in [-0.15, -0.1) is 0 Å². The molecule has 0 spiro atoms. The second kappa shape index (κ2) is 7.47. The molecule has 21 heavy (non-hydrogen) atoms. The molecule has 0 fully saturated rings. The summed E-state index contributed by atoms with van der Waals surface area (Å²) in [6.07, 6.45) is -2.21. The Balaban J connectivity index is 5.02. The largest absolute Gasteiger partial charge is 0.390 e. The van der Waals surface area contributed by atoms with E-state index >= 15 is 0 Å². The van der Waals surface area contributed by atoms with E-state index in [2.05, 4.69) is 0 Å². The fraction of sp³-hybridized carbons (Fsp3) is 0.875. The van der Waals surface area contributed by atoms with Crippen molar-refractivity contribution in [3.8, 4) is 0 Å². The molecule has 0 radical (unpaired) electrons. The number of carbonyl (C=O) groups excluding carboxylic acids is 2. The molecule has 0 aliphatic carbocycles. The van der Waals surface area contributed by atoms with Crippen molar-refractivity contribution in [2.45, 2.75) is 78.6 Å². The summed E-state index contributed by atoms with van der Waals surface area (Å²) in [4.78, 5) is 23.7. The number of ketones is 2. The van der Waals surface area contributed by atoms with E-state index in [1.165, 1.54) is 6.92 Å². The van der Waals surface area contributed by atoms with E-state index in [1.54, 1.807) is 34.6 Å². The molecule has 0 aromatic rings. The second-order valence-corrected chi connectivity index (χ2v) is 7.33. The van der Waals surface area contributed by atoms with Gasteiger partial charge in [0.1, 0.15) is 11.4 Å². The average molecular weight is 302 g/mol. The van der Waals surface area contributed by atoms with Crippen molar-refractivity contribution in [3.63, 3.8) is 0 Å². The van der Waals surface area contributed by atoms with Crippen molar-refractivity contribution in [2.75, 3.05) is 0 Å². The number of aliphatic hydroxyl groups excluding tert-OH is 2. The van der Waals surface area contributed by atoms with Crippen LogP contribution in [0.2, 0.25) is 0 Å². The van der Waals surface area contributed by atoms with Gasteiger partial charge in [-0.25, -0.2) is 0 Å². The first kappa shape index (κ1) is 20.2. The van der Waals surface area contributed by atoms with E-state index in [4.69, 9.17) is 0 Å². The molecule has 3 N–H and O–H groups in total. The molecule has 0 aliphatic heterocycles. The Kier molecular flexibility index (Phi) is 7.20. The SMILES string of the molecule is CC(=O)CC(O)(CC[C@@H](O)[C@H](O)C(C)C)C(=O)C(C)(C)C. The van der Waals surface area contributed by atoms with Gasteiger partial charge in [-0.3, -0.25) is 9.59 Å². The van der Waals surface area contributed by atoms with Crippen LogP contribution < -0.4 is 0 Å². The van der Waals surface area contributed by atoms with Gasteiger partial charge in [0.15, 0.2) is 5.78 Å². The lowest BCUT2D eigenvalue weighted by Gasteiger charge is -2.33. The van der Waals surface area contributed by atoms with Gasteiger partial charge in [-0.05, 0) is 25.7 Å². The Morgan fingerprint density at radius 2 is 1.57 bits per heavy atom. The normalized spacial score (nSPS) is 18.2. The molecule has 0 rings (SSSR count). The van der Waals surface area contributed by atoms with E-state index in [9.17, 15) is 24.9 Å². The quantitative estimate of drug-likeness (QED) is 0.631. The molecular formula is C16H30O5. The zero-order valence-electron chi connectivity index (χ0n) is 14.0. The van der Waals surface area contributed by atoms with E-state index in [0.29, 0.717) is 0 Å². The second-order valence-electron chi connectivity index (χ2n) is 7.33. The molecule has 124 valence electrons. The number of hydrogen-bond donors (Lipinski definition) is 3. The highest BCUT2D eigenvalue weighted by atomic mass is 16.3. The van der Waals surface area contributed by atoms with Gasteiger partial charge in [0.2, 0.25) is 0 Å². The Morgan fingerprint density at radius 1 is 1.10 bits per heavy atom. The highest BCUT2D eigenvalue weighted by Crippen LogP contribution is 2.30. The maximum absolute atomic E-state index is 12.4. The van der Waals surface area contributed by atoms with E-state index in [0.717, 1.165) is 0 Å². The first-order valence-electron chi connectivity index (χ1n) is 7.44. The number of carbonyl (C=O) groups is 2. The van der Waals surface area contributed by atoms with E-state index in [1.807, 2.05) is 0 Å². The first-order valence-corrected chi connectivity index (χ1v) is 7.44. The Bertz CT molecular complexity index is 369. The van der Waals surface area contributed by atoms with Crippen molar-refractivity contribution in [3.05, 3.63) is 0 Å². The van der Waals surface area contributed by atoms with Crippen LogP contribution in [-0.4, -0.2) is 44.7 Å². The summed E-state index contributed by atoms with van der Waals surface area (Å²) in [5.41, 5.74) is -2.58. The predicted molar refractivity (Wildman–Crippen MR) is 80.8 cm³/mol. The molecule has 0 saturated carbocycles. The summed E-state index contributed by atoms with van der Waals surface area (Å²) in [6, 6.07) is 0. The number of hydrogen-bond acceptors (Lipinski definition) is 5. The van der Waals surface area contributed by atoms with Crippen LogP contribution in [0.25, 0.3) is 0 Å². The minimum atomic E-state index is -1.79. The van der Waals surface area contributed by atoms with Crippen molar-refractivity contribution >= 4 is 11.6 Å². The highest BCUT2D eigenvalue weighted by molar-refractivity contribution is 5.95. The van der Waals surface area contributed by atoms with Gasteiger partial charge in [0.05, 0.1) is 12.2 Å². The van der Waals surface area contributed by atoms with Crippen molar-refractivity contribution in [1.29, 1.82) is 0 Å². The summed E-state index contributed by atoms with van der Waals surface area (Å²) < 4.78 is 0. The van der Waals surface area contributed by atoms with Crippen LogP contribution in [-0.2, 0) is 9.59 Å². The van der Waals surface area contributed by atoms with Gasteiger partial charge in [-0.2, -0.15) is 0 Å². The number of Topliss-reactive ketones (excluding diaryl/α,β-unsaturated/α-hetero) is 2. The van der Waals surface area contributed by atoms with Crippen molar-refractivity contribution in [1.82, 2.24) is 0 Å². The third-order valence-corrected chi connectivity index (χ3v) is 3.58. The monoisotopic (exact) mass is 302 g/mol. The van der Waals surface area contributed by atoms with Gasteiger partial charge < -0.3 is 15.3 Å². The van der Waals surface area contributed by atoms with Crippen molar-refractivity contribution in [2.24, 2.45) is 11.3 Å². The minimum absolute atomic E-state index is 0.0480. The third-order valence-electron chi connectivity index (χ3n) is 3.58. The fourth-order valence-corrected chi connectivity index (χ4v) is 2.39. The van der Waals surface area contributed by atoms with Gasteiger partial charge in [0, 0.05) is 11.8 Å². The van der Waals surface area contributed by atoms with Crippen molar-refractivity contribution < 1.29 is 24.9 Å². The third kappa shape index (κ3) is 6.24. The molecule has 0 aliphatic rings. The standard InChI is InChI=1S/C16H30O5/c1-10(2)13(19)12(18)7-8-16(21,9-11(3)17)14(20)15(4,5)6/h10,12-13,18-19,21H,7-9H2,1-6H3/t12-,13-,16?/m1/s1. The molecule has 0 amide bonds. The smallest absolute Gasteiger partial charge is 0.170 e. The van der Waals surface area contributed by atoms with Gasteiger partial charge >= 0.3 is 0 Å². The fourth-order valence-electron chi connectivity index (χ4n) is 2.39. The summed E-state index contributed by atoms with van der Waals surface area (Å²) >= 11 is 0. The Labute approximate surface area is 127 Å². The lowest BCUT2D eigenvalue weighted by Crippen LogP contribution is -2.47. The van der Waals surface area contributed by atoms with Crippen LogP contribution in [0.3, 0.4) is 0 Å². The maximum Gasteiger partial charge on any atom is 0.170 e. The van der Waals surface area contributed by atoms with Crippen LogP contribution in [0.1, 0.15) is 60.8 Å². The Morgan fingerprint density at radius 3 is 1.90 bits per heavy atom. The molecule has 0 aromatic heterocycles. The molecule has 3 atom stereocenters. The summed E-state index contributed by atoms with van der Waals surface area (Å²) in [6.45, 7) is 9.91. The molecule has 0 bridgehead atoms.